The van der Waals surface area contributed by atoms with Crippen LogP contribution in [0.3, 0.4) is 0 Å². The monoisotopic (exact) mass is 444 g/mol. The van der Waals surface area contributed by atoms with E-state index in [1.165, 1.54) is 12.7 Å². The van der Waals surface area contributed by atoms with Gasteiger partial charge in [-0.2, -0.15) is 0 Å². The van der Waals surface area contributed by atoms with Crippen LogP contribution in [0.1, 0.15) is 19.1 Å². The van der Waals surface area contributed by atoms with E-state index in [9.17, 15) is 9.36 Å². The molecule has 3 aromatic rings. The summed E-state index contributed by atoms with van der Waals surface area (Å²) in [6.07, 6.45) is 3.42. The lowest BCUT2D eigenvalue weighted by molar-refractivity contribution is -0.0164. The van der Waals surface area contributed by atoms with Crippen molar-refractivity contribution in [1.82, 2.24) is 19.5 Å². The highest BCUT2D eigenvalue weighted by Gasteiger charge is 2.31. The lowest BCUT2D eigenvalue weighted by Gasteiger charge is -2.17. The Bertz CT molecular complexity index is 1090. The lowest BCUT2D eigenvalue weighted by atomic mass is 10.2. The molecule has 1 fully saturated rings. The van der Waals surface area contributed by atoms with E-state index < -0.39 is 6.95 Å². The third kappa shape index (κ3) is 4.24. The maximum Gasteiger partial charge on any atom is 0.476 e. The number of imidazole rings is 1. The molecule has 2 aromatic heterocycles. The number of ether oxygens (including phenoxy) is 1. The number of hydrogen-bond acceptors (Lipinski definition) is 7. The van der Waals surface area contributed by atoms with Gasteiger partial charge in [0.2, 0.25) is 0 Å². The highest BCUT2D eigenvalue weighted by Crippen LogP contribution is 2.53. The first-order chi connectivity index (χ1) is 13.4. The standard InChI is InChI=1S/C16H15Cl2N4O5P/c17-10-1-3-11(4-2-10)27-28(18,24)25-7-12-5-6-13(26-12)22-9-21-14-15(22)19-8-20-16(14)23/h1-4,8-9,12-13H,5-7H2,(H,19,20,23). The van der Waals surface area contributed by atoms with E-state index in [0.29, 0.717) is 23.5 Å². The molecule has 0 saturated carbocycles. The van der Waals surface area contributed by atoms with E-state index in [0.717, 1.165) is 0 Å². The summed E-state index contributed by atoms with van der Waals surface area (Å²) in [4.78, 5) is 22.5. The SMILES string of the molecule is O=c1[nH]cnc2c1ncn2C1CCC(COP(=O)(Cl)Oc2ccc(Cl)cc2)O1. The highest BCUT2D eigenvalue weighted by molar-refractivity contribution is 7.81. The number of aromatic nitrogens is 4. The van der Waals surface area contributed by atoms with Crippen molar-refractivity contribution in [2.75, 3.05) is 6.61 Å². The van der Waals surface area contributed by atoms with Gasteiger partial charge in [0.25, 0.3) is 5.56 Å². The number of aromatic amines is 1. The number of benzene rings is 1. The van der Waals surface area contributed by atoms with E-state index in [4.69, 9.17) is 36.6 Å². The van der Waals surface area contributed by atoms with Gasteiger partial charge in [-0.05, 0) is 37.1 Å². The Morgan fingerprint density at radius 3 is 2.86 bits per heavy atom. The molecule has 0 bridgehead atoms. The summed E-state index contributed by atoms with van der Waals surface area (Å²) in [6, 6.07) is 6.27. The molecule has 0 radical (unpaired) electrons. The number of hydrogen-bond donors (Lipinski definition) is 1. The van der Waals surface area contributed by atoms with E-state index in [1.807, 2.05) is 0 Å². The van der Waals surface area contributed by atoms with Crippen molar-refractivity contribution in [3.8, 4) is 5.75 Å². The maximum absolute atomic E-state index is 12.3. The van der Waals surface area contributed by atoms with Crippen LogP contribution in [0.5, 0.6) is 5.75 Å². The molecule has 4 rings (SSSR count). The smallest absolute Gasteiger partial charge is 0.413 e. The predicted octanol–water partition coefficient (Wildman–Crippen LogP) is 3.89. The van der Waals surface area contributed by atoms with Crippen molar-refractivity contribution < 1.29 is 18.3 Å². The average molecular weight is 445 g/mol. The molecule has 3 unspecified atom stereocenters. The first-order valence-electron chi connectivity index (χ1n) is 8.36. The second kappa shape index (κ2) is 7.85. The van der Waals surface area contributed by atoms with Crippen LogP contribution >= 0.6 is 29.8 Å². The second-order valence-electron chi connectivity index (χ2n) is 6.12. The van der Waals surface area contributed by atoms with Gasteiger partial charge in [0.1, 0.15) is 12.0 Å². The van der Waals surface area contributed by atoms with Crippen LogP contribution in [0, 0.1) is 0 Å². The molecule has 9 nitrogen and oxygen atoms in total. The van der Waals surface area contributed by atoms with Crippen LogP contribution < -0.4 is 10.1 Å². The number of halogens is 2. The Morgan fingerprint density at radius 1 is 1.29 bits per heavy atom. The molecule has 1 N–H and O–H groups in total. The minimum absolute atomic E-state index is 0.00842. The molecule has 28 heavy (non-hydrogen) atoms. The van der Waals surface area contributed by atoms with Crippen LogP contribution in [-0.4, -0.2) is 32.2 Å². The van der Waals surface area contributed by atoms with Gasteiger partial charge in [-0.1, -0.05) is 11.6 Å². The van der Waals surface area contributed by atoms with E-state index in [-0.39, 0.29) is 35.8 Å². The number of nitrogens with zero attached hydrogens (tertiary/aromatic N) is 3. The summed E-state index contributed by atoms with van der Waals surface area (Å²) >= 11 is 11.7. The van der Waals surface area contributed by atoms with Gasteiger partial charge in [0.05, 0.1) is 25.4 Å². The molecule has 3 atom stereocenters. The van der Waals surface area contributed by atoms with Gasteiger partial charge < -0.3 is 14.2 Å². The third-order valence-electron chi connectivity index (χ3n) is 4.20. The number of rotatable bonds is 6. The van der Waals surface area contributed by atoms with E-state index in [1.54, 1.807) is 28.8 Å². The molecular weight excluding hydrogens is 430 g/mol. The molecule has 0 aliphatic carbocycles. The van der Waals surface area contributed by atoms with Gasteiger partial charge in [-0.25, -0.2) is 14.5 Å². The zero-order valence-corrected chi connectivity index (χ0v) is 16.7. The molecule has 12 heteroatoms. The van der Waals surface area contributed by atoms with Crippen molar-refractivity contribution in [3.63, 3.8) is 0 Å². The second-order valence-corrected chi connectivity index (χ2v) is 9.10. The zero-order chi connectivity index (χ0) is 19.7. The van der Waals surface area contributed by atoms with Gasteiger partial charge in [-0.15, -0.1) is 0 Å². The molecular formula is C16H15Cl2N4O5P. The Labute approximate surface area is 168 Å². The number of H-pyrrole nitrogens is 1. The molecule has 148 valence electrons. The fraction of sp³-hybridized carbons (Fsp3) is 0.312. The van der Waals surface area contributed by atoms with Crippen LogP contribution in [0.2, 0.25) is 5.02 Å². The first-order valence-corrected chi connectivity index (χ1v) is 11.2. The Hall–Kier alpha value is -1.90. The lowest BCUT2D eigenvalue weighted by Crippen LogP contribution is -2.16. The highest BCUT2D eigenvalue weighted by atomic mass is 35.7. The summed E-state index contributed by atoms with van der Waals surface area (Å²) in [5.41, 5.74) is 0.362. The Balaban J connectivity index is 1.36. The zero-order valence-electron chi connectivity index (χ0n) is 14.3. The van der Waals surface area contributed by atoms with Crippen LogP contribution in [-0.2, 0) is 13.8 Å². The Morgan fingerprint density at radius 2 is 2.07 bits per heavy atom. The van der Waals surface area contributed by atoms with Gasteiger partial charge in [0.15, 0.2) is 11.2 Å². The van der Waals surface area contributed by atoms with Gasteiger partial charge in [-0.3, -0.25) is 13.9 Å². The first kappa shape index (κ1) is 19.4. The molecule has 0 spiro atoms. The van der Waals surface area contributed by atoms with Crippen LogP contribution in [0.15, 0.2) is 41.7 Å². The van der Waals surface area contributed by atoms with Crippen molar-refractivity contribution in [2.24, 2.45) is 0 Å². The normalized spacial score (nSPS) is 21.6. The van der Waals surface area contributed by atoms with Crippen molar-refractivity contribution in [3.05, 3.63) is 52.3 Å². The van der Waals surface area contributed by atoms with Gasteiger partial charge >= 0.3 is 6.95 Å². The fourth-order valence-electron chi connectivity index (χ4n) is 2.91. The van der Waals surface area contributed by atoms with Crippen molar-refractivity contribution in [2.45, 2.75) is 25.2 Å². The van der Waals surface area contributed by atoms with Crippen LogP contribution in [0.4, 0.5) is 0 Å². The van der Waals surface area contributed by atoms with Crippen molar-refractivity contribution in [1.29, 1.82) is 0 Å². The number of nitrogens with one attached hydrogen (secondary N) is 1. The quantitative estimate of drug-likeness (QED) is 0.574. The summed E-state index contributed by atoms with van der Waals surface area (Å²) in [7, 11) is 0. The predicted molar refractivity (Wildman–Crippen MR) is 103 cm³/mol. The maximum atomic E-state index is 12.3. The topological polar surface area (TPSA) is 108 Å². The largest absolute Gasteiger partial charge is 0.476 e. The number of fused-ring (bicyclic) bond motifs is 1. The molecule has 3 heterocycles. The van der Waals surface area contributed by atoms with E-state index in [2.05, 4.69) is 15.0 Å². The van der Waals surface area contributed by atoms with Gasteiger partial charge in [0, 0.05) is 16.3 Å². The molecule has 1 saturated heterocycles. The Kier molecular flexibility index (Phi) is 5.44. The molecule has 1 aliphatic heterocycles. The fourth-order valence-corrected chi connectivity index (χ4v) is 4.21. The minimum Gasteiger partial charge on any atom is -0.413 e. The van der Waals surface area contributed by atoms with Crippen molar-refractivity contribution >= 4 is 41.0 Å². The minimum atomic E-state index is -3.84. The molecule has 0 amide bonds. The summed E-state index contributed by atoms with van der Waals surface area (Å²) in [5, 5.41) is 0.520. The summed E-state index contributed by atoms with van der Waals surface area (Å²) < 4.78 is 30.4. The third-order valence-corrected chi connectivity index (χ3v) is 5.84. The van der Waals surface area contributed by atoms with Crippen LogP contribution in [0.25, 0.3) is 11.2 Å². The molecule has 1 aromatic carbocycles. The summed E-state index contributed by atoms with van der Waals surface area (Å²) in [6.45, 7) is -3.84. The average Bonchev–Trinajstić information content (AvgIpc) is 3.29. The summed E-state index contributed by atoms with van der Waals surface area (Å²) in [5.74, 6) is 0.286. The molecule has 1 aliphatic rings. The van der Waals surface area contributed by atoms with E-state index >= 15 is 0 Å².